The molecular weight excluding hydrogens is 434 g/mol. The molecule has 172 valence electrons. The van der Waals surface area contributed by atoms with Gasteiger partial charge in [0.05, 0.1) is 10.3 Å². The van der Waals surface area contributed by atoms with Gasteiger partial charge in [0.15, 0.2) is 11.5 Å². The molecule has 0 saturated heterocycles. The summed E-state index contributed by atoms with van der Waals surface area (Å²) in [7, 11) is -4.02. The highest BCUT2D eigenvalue weighted by Crippen LogP contribution is 2.51. The second-order valence-corrected chi connectivity index (χ2v) is 10.8. The van der Waals surface area contributed by atoms with Crippen LogP contribution in [0.3, 0.4) is 0 Å². The van der Waals surface area contributed by atoms with Crippen molar-refractivity contribution in [1.29, 1.82) is 0 Å². The van der Waals surface area contributed by atoms with Crippen LogP contribution >= 0.6 is 0 Å². The standard InChI is InChI=1S/C27H30NO4S/c1-6-28(32-33(30,31)23-15-12-19(2)13-16-23)20(3)27(4,5)24-18-22(14-17-25(24)28)26(29)21-10-8-7-9-11-21/h7-18,20H,6H2,1-5H3/q+1. The summed E-state index contributed by atoms with van der Waals surface area (Å²) in [6.45, 7) is 10.4. The molecular formula is C27H30NO4S+. The first-order valence-corrected chi connectivity index (χ1v) is 12.6. The molecule has 0 aromatic heterocycles. The summed E-state index contributed by atoms with van der Waals surface area (Å²) in [6.07, 6.45) is 0. The van der Waals surface area contributed by atoms with Gasteiger partial charge in [-0.2, -0.15) is 8.42 Å². The minimum Gasteiger partial charge on any atom is -0.289 e. The number of ketones is 1. The van der Waals surface area contributed by atoms with Crippen LogP contribution in [0.2, 0.25) is 0 Å². The van der Waals surface area contributed by atoms with E-state index in [1.165, 1.54) is 0 Å². The van der Waals surface area contributed by atoms with Gasteiger partial charge in [0.25, 0.3) is 0 Å². The molecule has 1 heterocycles. The van der Waals surface area contributed by atoms with Crippen LogP contribution in [0.25, 0.3) is 0 Å². The third-order valence-electron chi connectivity index (χ3n) is 7.08. The van der Waals surface area contributed by atoms with E-state index in [-0.39, 0.29) is 21.4 Å². The zero-order chi connectivity index (χ0) is 24.0. The molecule has 2 atom stereocenters. The van der Waals surface area contributed by atoms with Gasteiger partial charge < -0.3 is 0 Å². The van der Waals surface area contributed by atoms with Crippen LogP contribution in [0, 0.1) is 6.92 Å². The number of hydrogen-bond donors (Lipinski definition) is 0. The highest BCUT2D eigenvalue weighted by atomic mass is 32.2. The first-order chi connectivity index (χ1) is 15.5. The third kappa shape index (κ3) is 3.82. The van der Waals surface area contributed by atoms with Crippen LogP contribution in [0.1, 0.15) is 54.7 Å². The highest BCUT2D eigenvalue weighted by molar-refractivity contribution is 7.86. The Morgan fingerprint density at radius 2 is 1.61 bits per heavy atom. The molecule has 0 fully saturated rings. The molecule has 0 spiro atoms. The molecule has 1 aliphatic rings. The van der Waals surface area contributed by atoms with Crippen molar-refractivity contribution in [1.82, 2.24) is 4.65 Å². The summed E-state index contributed by atoms with van der Waals surface area (Å²) in [5.74, 6) is -0.0588. The van der Waals surface area contributed by atoms with E-state index >= 15 is 0 Å². The van der Waals surface area contributed by atoms with E-state index in [1.54, 1.807) is 42.5 Å². The molecule has 3 aromatic rings. The van der Waals surface area contributed by atoms with Crippen molar-refractivity contribution < 1.29 is 17.5 Å². The summed E-state index contributed by atoms with van der Waals surface area (Å²) in [5.41, 5.74) is 3.47. The molecule has 6 heteroatoms. The molecule has 4 rings (SSSR count). The number of nitrogens with zero attached hydrogens (tertiary/aromatic N) is 1. The van der Waals surface area contributed by atoms with Crippen LogP contribution < -0.4 is 4.65 Å². The van der Waals surface area contributed by atoms with E-state index in [0.717, 1.165) is 16.8 Å². The Balaban J connectivity index is 1.81. The SMILES string of the molecule is CC[N+]1(OS(=O)(=O)c2ccc(C)cc2)c2ccc(C(=O)c3ccccc3)cc2C(C)(C)C1C. The van der Waals surface area contributed by atoms with Crippen molar-refractivity contribution in [3.8, 4) is 0 Å². The van der Waals surface area contributed by atoms with E-state index in [4.69, 9.17) is 4.28 Å². The number of fused-ring (bicyclic) bond motifs is 1. The molecule has 2 unspecified atom stereocenters. The van der Waals surface area contributed by atoms with Crippen LogP contribution in [0.15, 0.2) is 77.7 Å². The first kappa shape index (κ1) is 23.4. The van der Waals surface area contributed by atoms with Crippen molar-refractivity contribution in [2.45, 2.75) is 51.0 Å². The fraction of sp³-hybridized carbons (Fsp3) is 0.296. The zero-order valence-electron chi connectivity index (χ0n) is 19.7. The molecule has 0 bridgehead atoms. The Bertz CT molecular complexity index is 1300. The second kappa shape index (κ2) is 8.20. The van der Waals surface area contributed by atoms with Crippen molar-refractivity contribution in [2.75, 3.05) is 6.54 Å². The number of carbonyl (C=O) groups is 1. The van der Waals surface area contributed by atoms with E-state index in [9.17, 15) is 13.2 Å². The summed E-state index contributed by atoms with van der Waals surface area (Å²) >= 11 is 0. The van der Waals surface area contributed by atoms with Crippen molar-refractivity contribution in [2.24, 2.45) is 0 Å². The van der Waals surface area contributed by atoms with Crippen molar-refractivity contribution >= 4 is 21.6 Å². The predicted octanol–water partition coefficient (Wildman–Crippen LogP) is 5.55. The third-order valence-corrected chi connectivity index (χ3v) is 8.39. The second-order valence-electron chi connectivity index (χ2n) is 9.28. The number of quaternary nitrogens is 1. The largest absolute Gasteiger partial charge is 0.343 e. The summed E-state index contributed by atoms with van der Waals surface area (Å²) in [4.78, 5) is 13.2. The maximum absolute atomic E-state index is 13.3. The molecule has 33 heavy (non-hydrogen) atoms. The van der Waals surface area contributed by atoms with Gasteiger partial charge in [-0.25, -0.2) is 0 Å². The summed E-state index contributed by atoms with van der Waals surface area (Å²) < 4.78 is 32.5. The number of rotatable bonds is 6. The number of hydrogen-bond acceptors (Lipinski definition) is 4. The monoisotopic (exact) mass is 464 g/mol. The lowest BCUT2D eigenvalue weighted by Gasteiger charge is -2.36. The summed E-state index contributed by atoms with van der Waals surface area (Å²) in [5, 5.41) is 0. The molecule has 0 N–H and O–H groups in total. The topological polar surface area (TPSA) is 60.4 Å². The minimum atomic E-state index is -4.02. The zero-order valence-corrected chi connectivity index (χ0v) is 20.5. The fourth-order valence-corrected chi connectivity index (χ4v) is 5.98. The Kier molecular flexibility index (Phi) is 5.81. The molecule has 5 nitrogen and oxygen atoms in total. The van der Waals surface area contributed by atoms with Gasteiger partial charge in [-0.3, -0.25) is 4.79 Å². The molecule has 0 radical (unpaired) electrons. The summed E-state index contributed by atoms with van der Waals surface area (Å²) in [6, 6.07) is 21.2. The Hall–Kier alpha value is -2.80. The van der Waals surface area contributed by atoms with Crippen LogP contribution in [0.5, 0.6) is 0 Å². The lowest BCUT2D eigenvalue weighted by molar-refractivity contribution is -0.0734. The maximum atomic E-state index is 13.3. The van der Waals surface area contributed by atoms with E-state index in [0.29, 0.717) is 17.7 Å². The lowest BCUT2D eigenvalue weighted by atomic mass is 9.80. The predicted molar refractivity (Wildman–Crippen MR) is 131 cm³/mol. The van der Waals surface area contributed by atoms with E-state index in [1.807, 2.05) is 51.1 Å². The smallest absolute Gasteiger partial charge is 0.289 e. The fourth-order valence-electron chi connectivity index (χ4n) is 4.76. The normalized spacial score (nSPS) is 21.5. The Morgan fingerprint density at radius 1 is 0.970 bits per heavy atom. The van der Waals surface area contributed by atoms with Gasteiger partial charge >= 0.3 is 10.1 Å². The number of hydroxylamine groups is 2. The van der Waals surface area contributed by atoms with Gasteiger partial charge in [0.2, 0.25) is 0 Å². The maximum Gasteiger partial charge on any atom is 0.343 e. The van der Waals surface area contributed by atoms with Gasteiger partial charge in [-0.15, -0.1) is 4.65 Å². The van der Waals surface area contributed by atoms with Crippen molar-refractivity contribution in [3.63, 3.8) is 0 Å². The quantitative estimate of drug-likeness (QED) is 0.354. The highest BCUT2D eigenvalue weighted by Gasteiger charge is 2.58. The molecule has 1 aliphatic heterocycles. The van der Waals surface area contributed by atoms with Gasteiger partial charge in [0, 0.05) is 22.8 Å². The van der Waals surface area contributed by atoms with E-state index < -0.39 is 15.5 Å². The number of benzene rings is 3. The van der Waals surface area contributed by atoms with Gasteiger partial charge in [-0.1, -0.05) is 52.3 Å². The number of likely N-dealkylation sites (N-methyl/N-ethyl adjacent to an activating group) is 1. The van der Waals surface area contributed by atoms with E-state index in [2.05, 4.69) is 13.8 Å². The Morgan fingerprint density at radius 3 is 2.21 bits per heavy atom. The molecule has 0 aliphatic carbocycles. The molecule has 0 saturated carbocycles. The lowest BCUT2D eigenvalue weighted by Crippen LogP contribution is -2.57. The molecule has 0 amide bonds. The van der Waals surface area contributed by atoms with Gasteiger partial charge in [0.1, 0.15) is 12.6 Å². The number of aryl methyl sites for hydroxylation is 1. The van der Waals surface area contributed by atoms with Crippen LogP contribution in [-0.4, -0.2) is 26.8 Å². The Labute approximate surface area is 196 Å². The first-order valence-electron chi connectivity index (χ1n) is 11.2. The van der Waals surface area contributed by atoms with Gasteiger partial charge in [-0.05, 0) is 58.9 Å². The average molecular weight is 465 g/mol. The molecule has 3 aromatic carbocycles. The number of carbonyl (C=O) groups excluding carboxylic acids is 1. The average Bonchev–Trinajstić information content (AvgIpc) is 2.97. The van der Waals surface area contributed by atoms with Crippen LogP contribution in [-0.2, 0) is 19.8 Å². The minimum absolute atomic E-state index is 0.0588. The van der Waals surface area contributed by atoms with Crippen LogP contribution in [0.4, 0.5) is 5.69 Å². The van der Waals surface area contributed by atoms with Crippen molar-refractivity contribution in [3.05, 3.63) is 95.1 Å².